The number of hydrogen-bond acceptors (Lipinski definition) is 5. The van der Waals surface area contributed by atoms with Crippen molar-refractivity contribution >= 4 is 34.0 Å². The van der Waals surface area contributed by atoms with Gasteiger partial charge < -0.3 is 0 Å². The summed E-state index contributed by atoms with van der Waals surface area (Å²) in [6.45, 7) is 2.09. The van der Waals surface area contributed by atoms with Crippen molar-refractivity contribution in [3.8, 4) is 0 Å². The molecule has 0 amide bonds. The average Bonchev–Trinajstić information content (AvgIpc) is 2.99. The van der Waals surface area contributed by atoms with E-state index in [0.717, 1.165) is 28.9 Å². The molecule has 0 aliphatic heterocycles. The molecule has 0 aliphatic carbocycles. The summed E-state index contributed by atoms with van der Waals surface area (Å²) in [6, 6.07) is 15.2. The highest BCUT2D eigenvalue weighted by molar-refractivity contribution is 7.15. The number of fused-ring (bicyclic) bond motifs is 1. The third-order valence-electron chi connectivity index (χ3n) is 4.42. The quantitative estimate of drug-likeness (QED) is 0.520. The van der Waals surface area contributed by atoms with Gasteiger partial charge in [-0.1, -0.05) is 66.3 Å². The van der Waals surface area contributed by atoms with Gasteiger partial charge in [-0.3, -0.25) is 9.59 Å². The van der Waals surface area contributed by atoms with Crippen LogP contribution in [0.15, 0.2) is 58.1 Å². The van der Waals surface area contributed by atoms with E-state index in [2.05, 4.69) is 17.0 Å². The van der Waals surface area contributed by atoms with Crippen molar-refractivity contribution in [1.29, 1.82) is 0 Å². The molecule has 0 aliphatic rings. The van der Waals surface area contributed by atoms with Crippen LogP contribution in [0.1, 0.15) is 29.3 Å². The number of nitrogens with zero attached hydrogens (tertiary/aromatic N) is 3. The zero-order valence-electron chi connectivity index (χ0n) is 15.1. The molecule has 0 unspecified atom stereocenters. The standard InChI is InChI=1S/C21H16ClN3O2S/c1-2-13-3-5-15(6-4-13)12-18-20(27)25-21(28-18)23-19(26)17(24-25)11-14-7-9-16(22)10-8-14/h3-10,12H,2,11H2,1H3. The molecule has 4 aromatic rings. The number of aromatic nitrogens is 3. The first-order chi connectivity index (χ1) is 13.5. The van der Waals surface area contributed by atoms with Crippen LogP contribution in [0.4, 0.5) is 0 Å². The van der Waals surface area contributed by atoms with Crippen molar-refractivity contribution in [1.82, 2.24) is 14.6 Å². The van der Waals surface area contributed by atoms with Gasteiger partial charge in [0.15, 0.2) is 0 Å². The van der Waals surface area contributed by atoms with Crippen LogP contribution in [-0.2, 0) is 12.8 Å². The van der Waals surface area contributed by atoms with Crippen molar-refractivity contribution in [3.63, 3.8) is 0 Å². The van der Waals surface area contributed by atoms with Crippen LogP contribution in [0.25, 0.3) is 11.0 Å². The Morgan fingerprint density at radius 2 is 1.71 bits per heavy atom. The Morgan fingerprint density at radius 3 is 2.39 bits per heavy atom. The Balaban J connectivity index is 1.76. The molecule has 5 nitrogen and oxygen atoms in total. The van der Waals surface area contributed by atoms with Gasteiger partial charge in [-0.25, -0.2) is 0 Å². The SMILES string of the molecule is CCc1ccc(C=c2sc3nc(=O)c(Cc4ccc(Cl)cc4)nn3c2=O)cc1. The Bertz CT molecular complexity index is 1310. The maximum Gasteiger partial charge on any atom is 0.296 e. The van der Waals surface area contributed by atoms with E-state index in [-0.39, 0.29) is 11.3 Å². The minimum Gasteiger partial charge on any atom is -0.266 e. The fourth-order valence-electron chi connectivity index (χ4n) is 2.85. The first-order valence-corrected chi connectivity index (χ1v) is 10.0. The molecule has 140 valence electrons. The fraction of sp³-hybridized carbons (Fsp3) is 0.143. The molecular formula is C21H16ClN3O2S. The predicted octanol–water partition coefficient (Wildman–Crippen LogP) is 2.87. The predicted molar refractivity (Wildman–Crippen MR) is 112 cm³/mol. The number of thiazole rings is 1. The van der Waals surface area contributed by atoms with Gasteiger partial charge in [-0.2, -0.15) is 14.6 Å². The molecule has 0 N–H and O–H groups in total. The Labute approximate surface area is 169 Å². The second-order valence-electron chi connectivity index (χ2n) is 6.37. The Morgan fingerprint density at radius 1 is 1.04 bits per heavy atom. The molecule has 2 heterocycles. The van der Waals surface area contributed by atoms with E-state index in [4.69, 9.17) is 11.6 Å². The Hall–Kier alpha value is -2.83. The van der Waals surface area contributed by atoms with Crippen LogP contribution >= 0.6 is 22.9 Å². The molecule has 2 aromatic carbocycles. The van der Waals surface area contributed by atoms with E-state index in [9.17, 15) is 9.59 Å². The van der Waals surface area contributed by atoms with Crippen molar-refractivity contribution in [2.24, 2.45) is 0 Å². The van der Waals surface area contributed by atoms with Gasteiger partial charge in [0.05, 0.1) is 4.53 Å². The van der Waals surface area contributed by atoms with Crippen molar-refractivity contribution in [3.05, 3.63) is 101 Å². The summed E-state index contributed by atoms with van der Waals surface area (Å²) in [6.07, 6.45) is 3.05. The molecule has 0 radical (unpaired) electrons. The van der Waals surface area contributed by atoms with E-state index < -0.39 is 5.56 Å². The molecule has 2 aromatic heterocycles. The lowest BCUT2D eigenvalue weighted by atomic mass is 10.1. The van der Waals surface area contributed by atoms with Crippen molar-refractivity contribution in [2.45, 2.75) is 19.8 Å². The summed E-state index contributed by atoms with van der Waals surface area (Å²) in [7, 11) is 0. The van der Waals surface area contributed by atoms with Gasteiger partial charge in [-0.05, 0) is 41.3 Å². The van der Waals surface area contributed by atoms with Crippen molar-refractivity contribution < 1.29 is 0 Å². The van der Waals surface area contributed by atoms with Gasteiger partial charge in [-0.15, -0.1) is 0 Å². The fourth-order valence-corrected chi connectivity index (χ4v) is 3.88. The van der Waals surface area contributed by atoms with Crippen molar-refractivity contribution in [2.75, 3.05) is 0 Å². The zero-order valence-corrected chi connectivity index (χ0v) is 16.6. The van der Waals surface area contributed by atoms with E-state index in [1.54, 1.807) is 18.2 Å². The van der Waals surface area contributed by atoms with Gasteiger partial charge >= 0.3 is 0 Å². The molecule has 28 heavy (non-hydrogen) atoms. The van der Waals surface area contributed by atoms with Gasteiger partial charge in [0.2, 0.25) is 4.96 Å². The molecule has 0 bridgehead atoms. The number of rotatable bonds is 4. The topological polar surface area (TPSA) is 64.3 Å². The summed E-state index contributed by atoms with van der Waals surface area (Å²) in [5, 5.41) is 4.89. The Kier molecular flexibility index (Phi) is 5.07. The first-order valence-electron chi connectivity index (χ1n) is 8.81. The minimum absolute atomic E-state index is 0.230. The lowest BCUT2D eigenvalue weighted by Crippen LogP contribution is -2.28. The number of hydrogen-bond donors (Lipinski definition) is 0. The van der Waals surface area contributed by atoms with Crippen LogP contribution in [0, 0.1) is 0 Å². The maximum absolute atomic E-state index is 12.7. The number of benzene rings is 2. The van der Waals surface area contributed by atoms with Gasteiger partial charge in [0.25, 0.3) is 11.1 Å². The molecule has 0 atom stereocenters. The smallest absolute Gasteiger partial charge is 0.266 e. The van der Waals surface area contributed by atoms with Crippen LogP contribution < -0.4 is 15.7 Å². The number of aryl methyl sites for hydroxylation is 1. The molecule has 4 rings (SSSR count). The summed E-state index contributed by atoms with van der Waals surface area (Å²) in [4.78, 5) is 29.4. The first kappa shape index (κ1) is 18.5. The molecule has 0 fully saturated rings. The second kappa shape index (κ2) is 7.66. The van der Waals surface area contributed by atoms with Gasteiger partial charge in [0.1, 0.15) is 5.69 Å². The third kappa shape index (κ3) is 3.74. The molecular weight excluding hydrogens is 394 g/mol. The summed E-state index contributed by atoms with van der Waals surface area (Å²) in [5.41, 5.74) is 2.57. The van der Waals surface area contributed by atoms with Gasteiger partial charge in [0, 0.05) is 11.4 Å². The summed E-state index contributed by atoms with van der Waals surface area (Å²) in [5.74, 6) is 0. The average molecular weight is 410 g/mol. The highest BCUT2D eigenvalue weighted by atomic mass is 35.5. The molecule has 0 saturated carbocycles. The normalized spacial score (nSPS) is 12.0. The number of halogens is 1. The molecule has 0 spiro atoms. The molecule has 0 saturated heterocycles. The van der Waals surface area contributed by atoms with Crippen LogP contribution in [0.2, 0.25) is 5.02 Å². The van der Waals surface area contributed by atoms with E-state index >= 15 is 0 Å². The minimum atomic E-state index is -0.421. The van der Waals surface area contributed by atoms with E-state index in [1.807, 2.05) is 36.4 Å². The lowest BCUT2D eigenvalue weighted by molar-refractivity contribution is 0.811. The maximum atomic E-state index is 12.7. The highest BCUT2D eigenvalue weighted by Crippen LogP contribution is 2.11. The lowest BCUT2D eigenvalue weighted by Gasteiger charge is -2.00. The highest BCUT2D eigenvalue weighted by Gasteiger charge is 2.11. The zero-order chi connectivity index (χ0) is 19.7. The molecule has 7 heteroatoms. The van der Waals surface area contributed by atoms with E-state index in [0.29, 0.717) is 20.9 Å². The van der Waals surface area contributed by atoms with Crippen LogP contribution in [-0.4, -0.2) is 14.6 Å². The largest absolute Gasteiger partial charge is 0.296 e. The second-order valence-corrected chi connectivity index (χ2v) is 7.82. The van der Waals surface area contributed by atoms with Crippen LogP contribution in [0.3, 0.4) is 0 Å². The summed E-state index contributed by atoms with van der Waals surface area (Å²) >= 11 is 7.06. The monoisotopic (exact) mass is 409 g/mol. The third-order valence-corrected chi connectivity index (χ3v) is 5.63. The summed E-state index contributed by atoms with van der Waals surface area (Å²) < 4.78 is 1.70. The van der Waals surface area contributed by atoms with Crippen LogP contribution in [0.5, 0.6) is 0 Å². The van der Waals surface area contributed by atoms with E-state index in [1.165, 1.54) is 10.1 Å².